The van der Waals surface area contributed by atoms with Crippen LogP contribution in [-0.4, -0.2) is 87.8 Å². The molecule has 0 spiro atoms. The Bertz CT molecular complexity index is 3010. The molecule has 0 heterocycles. The molecule has 1 amide bonds. The molecule has 2 radical (unpaired) electrons. The molecule has 1 aliphatic rings. The van der Waals surface area contributed by atoms with Gasteiger partial charge in [0.25, 0.3) is 0 Å². The Balaban J connectivity index is -0.000000559. The number of rotatable bonds is 7. The van der Waals surface area contributed by atoms with Crippen LogP contribution in [-0.2, 0) is 80.9 Å². The summed E-state index contributed by atoms with van der Waals surface area (Å²) in [5.41, 5.74) is 10.0. The first-order valence-corrected chi connectivity index (χ1v) is 33.6. The normalized spacial score (nSPS) is 12.8. The second-order valence-electron chi connectivity index (χ2n) is 28.0. The third-order valence-corrected chi connectivity index (χ3v) is 21.9. The Morgan fingerprint density at radius 3 is 1.09 bits per heavy atom. The van der Waals surface area contributed by atoms with E-state index in [0.717, 1.165) is 22.8 Å². The van der Waals surface area contributed by atoms with Crippen LogP contribution in [0.4, 0.5) is 37.7 Å². The zero-order valence-corrected chi connectivity index (χ0v) is 65.3. The van der Waals surface area contributed by atoms with E-state index in [-0.39, 0.29) is 93.6 Å². The second kappa shape index (κ2) is 40.6. The van der Waals surface area contributed by atoms with Crippen LogP contribution >= 0.6 is 15.8 Å². The number of alkyl halides is 6. The number of esters is 1. The number of carbonyl (C=O) groups is 3. The monoisotopic (exact) mass is 1470 g/mol. The molecule has 93 heavy (non-hydrogen) atoms. The van der Waals surface area contributed by atoms with E-state index in [1.54, 1.807) is 13.8 Å². The van der Waals surface area contributed by atoms with Crippen LogP contribution in [0.2, 0.25) is 0 Å². The average Bonchev–Trinajstić information content (AvgIpc) is 1.59. The van der Waals surface area contributed by atoms with Crippen LogP contribution in [0, 0.1) is 60.3 Å². The van der Waals surface area contributed by atoms with Crippen molar-refractivity contribution in [1.82, 2.24) is 0 Å². The van der Waals surface area contributed by atoms with Gasteiger partial charge in [-0.2, -0.15) is 67.9 Å². The quantitative estimate of drug-likeness (QED) is 0.0572. The molecular formula is C73H106BF6N3Ni3O5P2+2. The maximum absolute atomic E-state index is 12.1. The SMILES string of the molecule is CC(C)(C)[N-]C(=O)C[PH+](C(C)(C)C)C(C)(C)C.CC(C)(C)[PH+](CC(=O)O)C(C)(C)C.COC(=O)[C-](C)C.C[CH-]C.C[CH-]C.Cc1cc(C)c(N=C2C(=Nc3c(C)cc(C)cc3C)c3cccc4cccc2c34)c(C)c1.[B]c1cc(C(F)(F)F)cc(C(F)(F)F)c1.[Ni+2].[Ni+2].[Ni]. The molecule has 0 saturated carbocycles. The fourth-order valence-corrected chi connectivity index (χ4v) is 17.7. The zero-order valence-electron chi connectivity index (χ0n) is 60.3. The van der Waals surface area contributed by atoms with Gasteiger partial charge in [0.05, 0.1) is 73.7 Å². The zero-order chi connectivity index (χ0) is 70.6. The van der Waals surface area contributed by atoms with E-state index < -0.39 is 50.8 Å². The van der Waals surface area contributed by atoms with E-state index >= 15 is 0 Å². The number of carbonyl (C=O) groups excluding carboxylic acids is 2. The number of carboxylic acids is 1. The number of hydrogen-bond donors (Lipinski definition) is 1. The average molecular weight is 1470 g/mol. The number of carboxylic acid groups (broad SMARTS) is 1. The smallest absolute Gasteiger partial charge is 0.646 e. The van der Waals surface area contributed by atoms with Crippen molar-refractivity contribution in [1.29, 1.82) is 0 Å². The maximum Gasteiger partial charge on any atom is 2.00 e. The molecule has 0 aromatic heterocycles. The van der Waals surface area contributed by atoms with Crippen LogP contribution in [0.5, 0.6) is 0 Å². The van der Waals surface area contributed by atoms with E-state index in [2.05, 4.69) is 195 Å². The summed E-state index contributed by atoms with van der Waals surface area (Å²) in [6, 6.07) is 22.7. The van der Waals surface area contributed by atoms with Crippen molar-refractivity contribution in [2.24, 2.45) is 9.98 Å². The number of methoxy groups -OCH3 is 1. The van der Waals surface area contributed by atoms with Crippen molar-refractivity contribution in [3.8, 4) is 0 Å². The molecule has 0 unspecified atom stereocenters. The number of amides is 1. The fourth-order valence-electron chi connectivity index (χ4n) is 10.3. The van der Waals surface area contributed by atoms with Crippen LogP contribution < -0.4 is 5.46 Å². The number of aliphatic imine (C=N–C) groups is 2. The van der Waals surface area contributed by atoms with Crippen LogP contribution in [0.15, 0.2) is 88.8 Å². The van der Waals surface area contributed by atoms with Crippen LogP contribution in [0.25, 0.3) is 16.1 Å². The van der Waals surface area contributed by atoms with Gasteiger partial charge in [-0.05, 0) is 158 Å². The second-order valence-corrected chi connectivity index (χ2v) is 36.6. The molecule has 1 N–H and O–H groups in total. The topological polar surface area (TPSA) is 119 Å². The minimum Gasteiger partial charge on any atom is -0.646 e. The van der Waals surface area contributed by atoms with Gasteiger partial charge in [-0.1, -0.05) is 110 Å². The fraction of sp³-hybridized carbons (Fsp3) is 0.507. The van der Waals surface area contributed by atoms with Crippen molar-refractivity contribution in [2.75, 3.05) is 19.4 Å². The van der Waals surface area contributed by atoms with Crippen molar-refractivity contribution in [2.45, 2.75) is 225 Å². The molecule has 20 heteroatoms. The molecule has 6 rings (SSSR count). The number of aryl methyl sites for hydroxylation is 6. The third kappa shape index (κ3) is 33.7. The first-order chi connectivity index (χ1) is 40.7. The summed E-state index contributed by atoms with van der Waals surface area (Å²) in [5, 5.41) is 16.3. The first kappa shape index (κ1) is 95.4. The number of benzene rings is 5. The van der Waals surface area contributed by atoms with Gasteiger partial charge in [0.1, 0.15) is 7.85 Å². The minimum absolute atomic E-state index is 0. The number of aliphatic carboxylic acids is 1. The van der Waals surface area contributed by atoms with Crippen molar-refractivity contribution in [3.05, 3.63) is 159 Å². The molecule has 8 nitrogen and oxygen atoms in total. The molecule has 526 valence electrons. The predicted octanol–water partition coefficient (Wildman–Crippen LogP) is 21.1. The molecule has 5 aromatic rings. The number of ether oxygens (including phenoxy) is 1. The van der Waals surface area contributed by atoms with Crippen LogP contribution in [0.1, 0.15) is 201 Å². The number of halogens is 6. The number of nitrogens with zero attached hydrogens (tertiary/aromatic N) is 3. The Hall–Kier alpha value is -4.03. The van der Waals surface area contributed by atoms with Crippen LogP contribution in [0.3, 0.4) is 0 Å². The molecule has 0 atom stereocenters. The standard InChI is InChI=1S/C30H28N2.C14H30NOP.C10H21O2P.C8H3BF6.C5H9O2.2C3H7.3Ni/c1-17-13-19(3)27(20(4)14-17)31-29-24-11-7-9-23-10-8-12-25(26(23)24)30(29)32-28-21(5)15-18(2)16-22(28)6;1-12(2,3)15-11(16)10-17(13(4,5)6)14(7,8)9;1-9(2,3)13(7-8(11)12)10(4,5)6;9-6-2-4(7(10,11)12)1-5(3-6)8(13,14)15;1-4(2)5(6)7-3;2*1-3-2;;;/h7-16H,1-6H3;10H2,1-9H3,(H,15,16);7H2,1-6H3,(H,11,12);1-3H;1-3H3;2*3H,1-2H3;;;/q;;;;3*-1;;2*+2/p+1. The minimum atomic E-state index is -4.84. The van der Waals surface area contributed by atoms with E-state index in [1.807, 2.05) is 61.3 Å². The van der Waals surface area contributed by atoms with E-state index in [0.29, 0.717) is 30.4 Å². The van der Waals surface area contributed by atoms with E-state index in [4.69, 9.17) is 22.9 Å². The molecule has 0 bridgehead atoms. The van der Waals surface area contributed by atoms with Gasteiger partial charge < -0.3 is 32.8 Å². The summed E-state index contributed by atoms with van der Waals surface area (Å²) in [4.78, 5) is 43.6. The Morgan fingerprint density at radius 1 is 0.559 bits per heavy atom. The Labute approximate surface area is 590 Å². The van der Waals surface area contributed by atoms with Gasteiger partial charge >= 0.3 is 51.3 Å². The van der Waals surface area contributed by atoms with Gasteiger partial charge in [-0.25, -0.2) is 14.8 Å². The summed E-state index contributed by atoms with van der Waals surface area (Å²) in [5.74, 6) is -0.127. The van der Waals surface area contributed by atoms with E-state index in [9.17, 15) is 40.7 Å². The summed E-state index contributed by atoms with van der Waals surface area (Å²) in [7, 11) is 4.66. The van der Waals surface area contributed by atoms with Crippen molar-refractivity contribution < 1.29 is 100 Å². The number of hydrogen-bond acceptors (Lipinski definition) is 6. The third-order valence-electron chi connectivity index (χ3n) is 13.3. The Morgan fingerprint density at radius 2 is 0.860 bits per heavy atom. The summed E-state index contributed by atoms with van der Waals surface area (Å²) >= 11 is 0. The largest absolute Gasteiger partial charge is 2.00 e. The molecule has 0 saturated heterocycles. The van der Waals surface area contributed by atoms with Gasteiger partial charge in [0.2, 0.25) is 0 Å². The first-order valence-electron chi connectivity index (χ1n) is 30.2. The van der Waals surface area contributed by atoms with Gasteiger partial charge in [-0.15, -0.1) is 5.54 Å². The Kier molecular flexibility index (Phi) is 41.7. The van der Waals surface area contributed by atoms with Gasteiger partial charge in [-0.3, -0.25) is 10.7 Å². The molecule has 5 aromatic carbocycles. The van der Waals surface area contributed by atoms with Crippen molar-refractivity contribution >= 4 is 80.6 Å². The summed E-state index contributed by atoms with van der Waals surface area (Å²) in [6.07, 6.45) is -4.67. The molecule has 1 aliphatic carbocycles. The van der Waals surface area contributed by atoms with Gasteiger partial charge in [0.15, 0.2) is 12.1 Å². The molecular weight excluding hydrogens is 1360 g/mol. The van der Waals surface area contributed by atoms with Crippen molar-refractivity contribution in [3.63, 3.8) is 0 Å². The predicted molar refractivity (Wildman–Crippen MR) is 379 cm³/mol. The summed E-state index contributed by atoms with van der Waals surface area (Å²) in [6.45, 7) is 56.6. The maximum atomic E-state index is 12.1. The van der Waals surface area contributed by atoms with E-state index in [1.165, 1.54) is 62.4 Å². The summed E-state index contributed by atoms with van der Waals surface area (Å²) < 4.78 is 77.0. The van der Waals surface area contributed by atoms with Gasteiger partial charge in [0, 0.05) is 48.8 Å². The molecule has 0 fully saturated rings. The molecule has 0 aliphatic heterocycles.